The van der Waals surface area contributed by atoms with Crippen molar-refractivity contribution in [2.45, 2.75) is 18.9 Å². The zero-order chi connectivity index (χ0) is 23.2. The summed E-state index contributed by atoms with van der Waals surface area (Å²) in [4.78, 5) is 29.4. The number of ether oxygens (including phenoxy) is 1. The topological polar surface area (TPSA) is 61.9 Å². The highest BCUT2D eigenvalue weighted by Crippen LogP contribution is 2.28. The average molecular weight is 460 g/mol. The lowest BCUT2D eigenvalue weighted by Gasteiger charge is -2.30. The summed E-state index contributed by atoms with van der Waals surface area (Å²) in [6, 6.07) is 25.8. The van der Waals surface area contributed by atoms with Gasteiger partial charge in [0, 0.05) is 12.2 Å². The Morgan fingerprint density at radius 2 is 1.64 bits per heavy atom. The molecule has 0 spiro atoms. The standard InChI is InChI=1S/C26H25N3O3S/c1-32-22-14-12-21(13-15-22)29-24(30)18-23(25(29)31)28(17-16-19-8-4-2-5-9-19)26(33)27-20-10-6-3-7-11-20/h2-15,23H,16-18H2,1H3,(H,27,33)/t23-/m1/s1. The maximum absolute atomic E-state index is 13.4. The molecule has 1 aliphatic heterocycles. The lowest BCUT2D eigenvalue weighted by molar-refractivity contribution is -0.122. The van der Waals surface area contributed by atoms with Crippen molar-refractivity contribution in [3.8, 4) is 5.75 Å². The minimum absolute atomic E-state index is 0.0657. The fourth-order valence-corrected chi connectivity index (χ4v) is 4.21. The van der Waals surface area contributed by atoms with Crippen molar-refractivity contribution in [1.82, 2.24) is 4.90 Å². The van der Waals surface area contributed by atoms with E-state index in [-0.39, 0.29) is 18.2 Å². The van der Waals surface area contributed by atoms with Crippen LogP contribution in [0.3, 0.4) is 0 Å². The van der Waals surface area contributed by atoms with Crippen LogP contribution < -0.4 is 15.0 Å². The van der Waals surface area contributed by atoms with Crippen LogP contribution in [-0.4, -0.2) is 41.5 Å². The Hall–Kier alpha value is -3.71. The summed E-state index contributed by atoms with van der Waals surface area (Å²) in [6.07, 6.45) is 0.758. The van der Waals surface area contributed by atoms with Crippen LogP contribution in [0.2, 0.25) is 0 Å². The van der Waals surface area contributed by atoms with Gasteiger partial charge in [-0.05, 0) is 60.6 Å². The first kappa shape index (κ1) is 22.5. The number of benzene rings is 3. The van der Waals surface area contributed by atoms with E-state index in [1.807, 2.05) is 65.6 Å². The van der Waals surface area contributed by atoms with Crippen LogP contribution in [0, 0.1) is 0 Å². The molecule has 6 nitrogen and oxygen atoms in total. The summed E-state index contributed by atoms with van der Waals surface area (Å²) in [5.74, 6) is 0.130. The van der Waals surface area contributed by atoms with E-state index in [0.29, 0.717) is 29.5 Å². The molecule has 0 saturated carbocycles. The molecule has 1 heterocycles. The summed E-state index contributed by atoms with van der Waals surface area (Å²) in [7, 11) is 1.57. The number of amides is 2. The summed E-state index contributed by atoms with van der Waals surface area (Å²) < 4.78 is 5.18. The maximum Gasteiger partial charge on any atom is 0.257 e. The molecule has 2 amide bonds. The molecule has 0 bridgehead atoms. The molecule has 3 aromatic carbocycles. The van der Waals surface area contributed by atoms with Gasteiger partial charge in [0.1, 0.15) is 11.8 Å². The zero-order valence-corrected chi connectivity index (χ0v) is 19.1. The number of rotatable bonds is 7. The second kappa shape index (κ2) is 10.3. The molecule has 4 rings (SSSR count). The number of carbonyl (C=O) groups is 2. The molecule has 3 aromatic rings. The number of methoxy groups -OCH3 is 1. The van der Waals surface area contributed by atoms with Gasteiger partial charge in [0.25, 0.3) is 5.91 Å². The van der Waals surface area contributed by atoms with Gasteiger partial charge < -0.3 is 15.0 Å². The van der Waals surface area contributed by atoms with Crippen LogP contribution in [0.5, 0.6) is 5.75 Å². The molecule has 0 radical (unpaired) electrons. The predicted molar refractivity (Wildman–Crippen MR) is 133 cm³/mol. The zero-order valence-electron chi connectivity index (χ0n) is 18.3. The van der Waals surface area contributed by atoms with Gasteiger partial charge in [-0.3, -0.25) is 9.59 Å². The third-order valence-corrected chi connectivity index (χ3v) is 5.94. The van der Waals surface area contributed by atoms with Crippen LogP contribution in [0.1, 0.15) is 12.0 Å². The minimum Gasteiger partial charge on any atom is -0.497 e. The molecule has 7 heteroatoms. The SMILES string of the molecule is COc1ccc(N2C(=O)C[C@@H](N(CCc3ccccc3)C(=S)Nc3ccccc3)C2=O)cc1. The number of thiocarbonyl (C=S) groups is 1. The predicted octanol–water partition coefficient (Wildman–Crippen LogP) is 4.27. The monoisotopic (exact) mass is 459 g/mol. The Morgan fingerprint density at radius 3 is 2.27 bits per heavy atom. The van der Waals surface area contributed by atoms with Gasteiger partial charge in [-0.1, -0.05) is 48.5 Å². The normalized spacial score (nSPS) is 15.4. The molecule has 0 aromatic heterocycles. The van der Waals surface area contributed by atoms with E-state index in [1.54, 1.807) is 31.4 Å². The van der Waals surface area contributed by atoms with Gasteiger partial charge in [0.2, 0.25) is 5.91 Å². The van der Waals surface area contributed by atoms with Gasteiger partial charge in [-0.25, -0.2) is 4.90 Å². The molecular weight excluding hydrogens is 434 g/mol. The lowest BCUT2D eigenvalue weighted by Crippen LogP contribution is -2.48. The third-order valence-electron chi connectivity index (χ3n) is 5.60. The van der Waals surface area contributed by atoms with Crippen molar-refractivity contribution in [1.29, 1.82) is 0 Å². The summed E-state index contributed by atoms with van der Waals surface area (Å²) >= 11 is 5.71. The third kappa shape index (κ3) is 5.21. The molecule has 0 aliphatic carbocycles. The molecule has 1 saturated heterocycles. The fraction of sp³-hybridized carbons (Fsp3) is 0.192. The van der Waals surface area contributed by atoms with E-state index in [9.17, 15) is 9.59 Å². The van der Waals surface area contributed by atoms with Gasteiger partial charge in [0.05, 0.1) is 19.2 Å². The lowest BCUT2D eigenvalue weighted by atomic mass is 10.1. The summed E-state index contributed by atoms with van der Waals surface area (Å²) in [5, 5.41) is 3.64. The minimum atomic E-state index is -0.674. The van der Waals surface area contributed by atoms with Crippen molar-refractivity contribution in [3.05, 3.63) is 90.5 Å². The molecular formula is C26H25N3O3S. The van der Waals surface area contributed by atoms with Crippen molar-refractivity contribution in [2.24, 2.45) is 0 Å². The number of carbonyl (C=O) groups excluding carboxylic acids is 2. The Labute approximate surface area is 198 Å². The van der Waals surface area contributed by atoms with Crippen molar-refractivity contribution < 1.29 is 14.3 Å². The van der Waals surface area contributed by atoms with Crippen LogP contribution in [0.25, 0.3) is 0 Å². The van der Waals surface area contributed by atoms with E-state index in [2.05, 4.69) is 5.32 Å². The molecule has 33 heavy (non-hydrogen) atoms. The first-order chi connectivity index (χ1) is 16.1. The van der Waals surface area contributed by atoms with Crippen molar-refractivity contribution in [2.75, 3.05) is 23.9 Å². The number of nitrogens with zero attached hydrogens (tertiary/aromatic N) is 2. The van der Waals surface area contributed by atoms with Gasteiger partial charge in [-0.2, -0.15) is 0 Å². The molecule has 0 unspecified atom stereocenters. The second-order valence-electron chi connectivity index (χ2n) is 7.71. The highest BCUT2D eigenvalue weighted by atomic mass is 32.1. The Bertz CT molecular complexity index is 1120. The number of hydrogen-bond acceptors (Lipinski definition) is 4. The Balaban J connectivity index is 1.57. The number of nitrogens with one attached hydrogen (secondary N) is 1. The number of anilines is 2. The second-order valence-corrected chi connectivity index (χ2v) is 8.10. The Kier molecular flexibility index (Phi) is 7.00. The summed E-state index contributed by atoms with van der Waals surface area (Å²) in [6.45, 7) is 0.503. The van der Waals surface area contributed by atoms with Crippen LogP contribution >= 0.6 is 12.2 Å². The van der Waals surface area contributed by atoms with E-state index in [0.717, 1.165) is 11.3 Å². The van der Waals surface area contributed by atoms with Gasteiger partial charge in [-0.15, -0.1) is 0 Å². The van der Waals surface area contributed by atoms with Crippen LogP contribution in [0.15, 0.2) is 84.9 Å². The van der Waals surface area contributed by atoms with Crippen LogP contribution in [0.4, 0.5) is 11.4 Å². The average Bonchev–Trinajstić information content (AvgIpc) is 3.14. The van der Waals surface area contributed by atoms with E-state index in [1.165, 1.54) is 4.90 Å². The molecule has 1 atom stereocenters. The van der Waals surface area contributed by atoms with E-state index < -0.39 is 6.04 Å². The quantitative estimate of drug-likeness (QED) is 0.421. The fourth-order valence-electron chi connectivity index (χ4n) is 3.87. The first-order valence-corrected chi connectivity index (χ1v) is 11.1. The first-order valence-electron chi connectivity index (χ1n) is 10.7. The highest BCUT2D eigenvalue weighted by molar-refractivity contribution is 7.80. The van der Waals surface area contributed by atoms with Crippen LogP contribution in [-0.2, 0) is 16.0 Å². The van der Waals surface area contributed by atoms with Gasteiger partial charge in [0.15, 0.2) is 5.11 Å². The van der Waals surface area contributed by atoms with E-state index in [4.69, 9.17) is 17.0 Å². The number of para-hydroxylation sites is 1. The largest absolute Gasteiger partial charge is 0.497 e. The number of imide groups is 1. The number of hydrogen-bond donors (Lipinski definition) is 1. The molecule has 1 fully saturated rings. The highest BCUT2D eigenvalue weighted by Gasteiger charge is 2.43. The van der Waals surface area contributed by atoms with Gasteiger partial charge >= 0.3 is 0 Å². The molecule has 1 N–H and O–H groups in total. The summed E-state index contributed by atoms with van der Waals surface area (Å²) in [5.41, 5.74) is 2.49. The smallest absolute Gasteiger partial charge is 0.257 e. The Morgan fingerprint density at radius 1 is 1.00 bits per heavy atom. The van der Waals surface area contributed by atoms with Crippen molar-refractivity contribution >= 4 is 40.5 Å². The van der Waals surface area contributed by atoms with E-state index >= 15 is 0 Å². The maximum atomic E-state index is 13.4. The molecule has 168 valence electrons. The molecule has 1 aliphatic rings. The van der Waals surface area contributed by atoms with Crippen molar-refractivity contribution in [3.63, 3.8) is 0 Å².